The Morgan fingerprint density at radius 3 is 2.36 bits per heavy atom. The zero-order valence-corrected chi connectivity index (χ0v) is 17.3. The first-order valence-electron chi connectivity index (χ1n) is 8.82. The Labute approximate surface area is 165 Å². The Balaban J connectivity index is 2.07. The molecule has 1 fully saturated rings. The Bertz CT molecular complexity index is 879. The zero-order chi connectivity index (χ0) is 21.1. The lowest BCUT2D eigenvalue weighted by atomic mass is 10.0. The number of amides is 1. The van der Waals surface area contributed by atoms with E-state index in [1.807, 2.05) is 27.7 Å². The van der Waals surface area contributed by atoms with E-state index >= 15 is 0 Å². The van der Waals surface area contributed by atoms with E-state index in [9.17, 15) is 17.1 Å². The van der Waals surface area contributed by atoms with Gasteiger partial charge in [-0.05, 0) is 51.0 Å². The van der Waals surface area contributed by atoms with Crippen LogP contribution in [0.3, 0.4) is 0 Å². The third-order valence-electron chi connectivity index (χ3n) is 4.26. The van der Waals surface area contributed by atoms with Gasteiger partial charge in [0.25, 0.3) is 0 Å². The molecule has 28 heavy (non-hydrogen) atoms. The fourth-order valence-corrected chi connectivity index (χ4v) is 3.20. The standard InChI is InChI=1S/C19H25FN2O5S/c1-6-15-11-17(27-28(20,24)25)12-16(14(15)2)13-21-7-9-22(10-8-21)18(23)26-19(3,4)5/h1,11-12H,7-10,13H2,2-5H3. The minimum atomic E-state index is -5.14. The number of ether oxygens (including phenoxy) is 1. The highest BCUT2D eigenvalue weighted by Crippen LogP contribution is 2.25. The summed E-state index contributed by atoms with van der Waals surface area (Å²) in [6, 6.07) is 2.78. The van der Waals surface area contributed by atoms with Crippen molar-refractivity contribution >= 4 is 16.6 Å². The summed E-state index contributed by atoms with van der Waals surface area (Å²) in [5.41, 5.74) is 1.41. The third-order valence-corrected chi connectivity index (χ3v) is 4.65. The molecule has 0 atom stereocenters. The summed E-state index contributed by atoms with van der Waals surface area (Å²) in [4.78, 5) is 15.9. The summed E-state index contributed by atoms with van der Waals surface area (Å²) in [5, 5.41) is 0. The topological polar surface area (TPSA) is 76.2 Å². The molecular weight excluding hydrogens is 387 g/mol. The van der Waals surface area contributed by atoms with E-state index in [4.69, 9.17) is 11.2 Å². The maximum Gasteiger partial charge on any atom is 0.488 e. The molecule has 2 rings (SSSR count). The van der Waals surface area contributed by atoms with Gasteiger partial charge in [0.05, 0.1) is 0 Å². The van der Waals surface area contributed by atoms with Gasteiger partial charge in [0, 0.05) is 38.3 Å². The maximum atomic E-state index is 12.9. The van der Waals surface area contributed by atoms with E-state index < -0.39 is 16.1 Å². The summed E-state index contributed by atoms with van der Waals surface area (Å²) in [5.74, 6) is 2.29. The first-order valence-corrected chi connectivity index (χ1v) is 10.1. The summed E-state index contributed by atoms with van der Waals surface area (Å²) >= 11 is 0. The van der Waals surface area contributed by atoms with Gasteiger partial charge >= 0.3 is 16.6 Å². The zero-order valence-electron chi connectivity index (χ0n) is 16.5. The van der Waals surface area contributed by atoms with Crippen LogP contribution in [0.1, 0.15) is 37.5 Å². The fourth-order valence-electron chi connectivity index (χ4n) is 2.88. The van der Waals surface area contributed by atoms with Crippen molar-refractivity contribution in [3.8, 4) is 18.1 Å². The lowest BCUT2D eigenvalue weighted by molar-refractivity contribution is 0.0139. The van der Waals surface area contributed by atoms with Crippen LogP contribution in [0.4, 0.5) is 8.68 Å². The first kappa shape index (κ1) is 22.0. The molecule has 0 unspecified atom stereocenters. The summed E-state index contributed by atoms with van der Waals surface area (Å²) in [7, 11) is -5.14. The van der Waals surface area contributed by atoms with Crippen molar-refractivity contribution in [2.24, 2.45) is 0 Å². The van der Waals surface area contributed by atoms with Gasteiger partial charge in [-0.15, -0.1) is 6.42 Å². The number of halogens is 1. The Kier molecular flexibility index (Phi) is 6.57. The second-order valence-corrected chi connectivity index (χ2v) is 8.57. The van der Waals surface area contributed by atoms with Crippen LogP contribution >= 0.6 is 0 Å². The molecule has 1 amide bonds. The van der Waals surface area contributed by atoms with Gasteiger partial charge in [0.1, 0.15) is 11.4 Å². The van der Waals surface area contributed by atoms with Crippen LogP contribution in [0.5, 0.6) is 5.75 Å². The number of rotatable bonds is 4. The minimum absolute atomic E-state index is 0.163. The number of nitrogens with zero attached hydrogens (tertiary/aromatic N) is 2. The van der Waals surface area contributed by atoms with Crippen LogP contribution in [-0.2, 0) is 21.8 Å². The normalized spacial score (nSPS) is 15.8. The van der Waals surface area contributed by atoms with Crippen LogP contribution in [0.2, 0.25) is 0 Å². The molecule has 0 saturated carbocycles. The van der Waals surface area contributed by atoms with Crippen molar-refractivity contribution in [3.63, 3.8) is 0 Å². The quantitative estimate of drug-likeness (QED) is 0.559. The summed E-state index contributed by atoms with van der Waals surface area (Å²) in [6.45, 7) is 9.96. The van der Waals surface area contributed by atoms with Gasteiger partial charge in [-0.1, -0.05) is 9.81 Å². The molecule has 7 nitrogen and oxygen atoms in total. The monoisotopic (exact) mass is 412 g/mol. The highest BCUT2D eigenvalue weighted by molar-refractivity contribution is 7.81. The highest BCUT2D eigenvalue weighted by atomic mass is 32.3. The van der Waals surface area contributed by atoms with E-state index in [1.165, 1.54) is 12.1 Å². The molecule has 1 saturated heterocycles. The molecule has 1 aromatic rings. The minimum Gasteiger partial charge on any atom is -0.444 e. The van der Waals surface area contributed by atoms with E-state index in [2.05, 4.69) is 15.0 Å². The molecule has 0 bridgehead atoms. The van der Waals surface area contributed by atoms with Gasteiger partial charge < -0.3 is 13.8 Å². The van der Waals surface area contributed by atoms with Crippen LogP contribution in [0, 0.1) is 19.3 Å². The van der Waals surface area contributed by atoms with Crippen molar-refractivity contribution in [1.82, 2.24) is 9.80 Å². The van der Waals surface area contributed by atoms with Gasteiger partial charge in [-0.25, -0.2) is 4.79 Å². The lowest BCUT2D eigenvalue weighted by Crippen LogP contribution is -2.49. The number of carbonyl (C=O) groups is 1. The largest absolute Gasteiger partial charge is 0.488 e. The number of terminal acetylenes is 1. The van der Waals surface area contributed by atoms with Crippen molar-refractivity contribution in [2.45, 2.75) is 39.8 Å². The summed E-state index contributed by atoms with van der Waals surface area (Å²) < 4.78 is 44.2. The number of hydrogen-bond acceptors (Lipinski definition) is 6. The Hall–Kier alpha value is -2.31. The Morgan fingerprint density at radius 2 is 1.86 bits per heavy atom. The van der Waals surface area contributed by atoms with Crippen LogP contribution in [0.25, 0.3) is 0 Å². The number of benzene rings is 1. The molecule has 154 valence electrons. The Morgan fingerprint density at radius 1 is 1.25 bits per heavy atom. The molecule has 1 heterocycles. The molecule has 0 aliphatic carbocycles. The van der Waals surface area contributed by atoms with E-state index in [0.717, 1.165) is 11.1 Å². The van der Waals surface area contributed by atoms with Crippen LogP contribution in [0.15, 0.2) is 12.1 Å². The van der Waals surface area contributed by atoms with Crippen LogP contribution in [-0.4, -0.2) is 56.1 Å². The fraction of sp³-hybridized carbons (Fsp3) is 0.526. The molecular formula is C19H25FN2O5S. The summed E-state index contributed by atoms with van der Waals surface area (Å²) in [6.07, 6.45) is 5.12. The molecule has 0 N–H and O–H groups in total. The van der Waals surface area contributed by atoms with Crippen molar-refractivity contribution < 1.29 is 26.0 Å². The lowest BCUT2D eigenvalue weighted by Gasteiger charge is -2.35. The molecule has 0 aromatic heterocycles. The molecule has 1 aliphatic heterocycles. The molecule has 0 spiro atoms. The second kappa shape index (κ2) is 8.37. The molecule has 9 heteroatoms. The van der Waals surface area contributed by atoms with E-state index in [-0.39, 0.29) is 11.8 Å². The molecule has 1 aromatic carbocycles. The predicted octanol–water partition coefficient (Wildman–Crippen LogP) is 2.62. The van der Waals surface area contributed by atoms with Gasteiger partial charge in [-0.3, -0.25) is 4.90 Å². The van der Waals surface area contributed by atoms with Crippen LogP contribution < -0.4 is 4.18 Å². The van der Waals surface area contributed by atoms with Gasteiger partial charge in [0.2, 0.25) is 0 Å². The van der Waals surface area contributed by atoms with E-state index in [1.54, 1.807) is 4.90 Å². The van der Waals surface area contributed by atoms with Gasteiger partial charge in [0.15, 0.2) is 0 Å². The van der Waals surface area contributed by atoms with Crippen molar-refractivity contribution in [1.29, 1.82) is 0 Å². The average Bonchev–Trinajstić information content (AvgIpc) is 2.55. The van der Waals surface area contributed by atoms with Crippen molar-refractivity contribution in [3.05, 3.63) is 28.8 Å². The predicted molar refractivity (Wildman–Crippen MR) is 103 cm³/mol. The smallest absolute Gasteiger partial charge is 0.444 e. The number of hydrogen-bond donors (Lipinski definition) is 0. The third kappa shape index (κ3) is 6.39. The number of carbonyl (C=O) groups excluding carboxylic acids is 1. The van der Waals surface area contributed by atoms with Gasteiger partial charge in [-0.2, -0.15) is 8.42 Å². The molecule has 1 aliphatic rings. The second-order valence-electron chi connectivity index (χ2n) is 7.62. The number of piperazine rings is 1. The first-order chi connectivity index (χ1) is 12.9. The van der Waals surface area contributed by atoms with Crippen molar-refractivity contribution in [2.75, 3.05) is 26.2 Å². The average molecular weight is 412 g/mol. The molecule has 0 radical (unpaired) electrons. The SMILES string of the molecule is C#Cc1cc(OS(=O)(=O)F)cc(CN2CCN(C(=O)OC(C)(C)C)CC2)c1C. The maximum absolute atomic E-state index is 12.9. The van der Waals surface area contributed by atoms with E-state index in [0.29, 0.717) is 38.3 Å². The highest BCUT2D eigenvalue weighted by Gasteiger charge is 2.26.